The van der Waals surface area contributed by atoms with Gasteiger partial charge >= 0.3 is 24.5 Å². The highest BCUT2D eigenvalue weighted by Gasteiger charge is 2.62. The molecule has 0 aromatic heterocycles. The SMILES string of the molecule is CC(C)(C)OC(=O)N1CC(C#N)(N(Cc2ccc(C(F)(F)F)cc2)C(=O)CCC2CCC(C(F)F)CC2)C1.CC(C)(C)OC(=O)N1CC2(C1)C(=O)N(C1CCC(C(F)F)CC1)CC(=O)N2Cc1ccc(C(F)(F)F)cc1. The Balaban J connectivity index is 0.000000247. The van der Waals surface area contributed by atoms with Gasteiger partial charge in [-0.1, -0.05) is 24.3 Å². The molecule has 5 amide bonds. The molecule has 420 valence electrons. The van der Waals surface area contributed by atoms with Crippen LogP contribution in [0.15, 0.2) is 48.5 Å². The van der Waals surface area contributed by atoms with Crippen molar-refractivity contribution >= 4 is 29.9 Å². The molecule has 0 radical (unpaired) electrons. The van der Waals surface area contributed by atoms with Crippen LogP contribution in [0.3, 0.4) is 0 Å². The number of alkyl halides is 10. The van der Waals surface area contributed by atoms with Crippen molar-refractivity contribution in [1.82, 2.24) is 24.5 Å². The van der Waals surface area contributed by atoms with E-state index in [1.165, 1.54) is 48.8 Å². The predicted octanol–water partition coefficient (Wildman–Crippen LogP) is 11.1. The second-order valence-corrected chi connectivity index (χ2v) is 22.7. The van der Waals surface area contributed by atoms with E-state index in [-0.39, 0.29) is 88.8 Å². The summed E-state index contributed by atoms with van der Waals surface area (Å²) in [5, 5.41) is 10.1. The molecular weight excluding hydrogens is 1020 g/mol. The molecule has 3 aliphatic heterocycles. The number of piperazine rings is 1. The number of nitrogens with zero attached hydrogens (tertiary/aromatic N) is 6. The molecule has 23 heteroatoms. The number of hydrogen-bond donors (Lipinski definition) is 0. The summed E-state index contributed by atoms with van der Waals surface area (Å²) in [6.45, 7) is 9.30. The second-order valence-electron chi connectivity index (χ2n) is 22.7. The average Bonchev–Trinajstić information content (AvgIpc) is 3.29. The number of carbonyl (C=O) groups is 5. The average molecular weight is 1090 g/mol. The molecule has 2 aromatic carbocycles. The van der Waals surface area contributed by atoms with Crippen LogP contribution < -0.4 is 0 Å². The van der Waals surface area contributed by atoms with E-state index in [2.05, 4.69) is 6.07 Å². The van der Waals surface area contributed by atoms with Gasteiger partial charge in [0.2, 0.25) is 24.7 Å². The molecule has 3 heterocycles. The van der Waals surface area contributed by atoms with E-state index in [1.807, 2.05) is 0 Å². The predicted molar refractivity (Wildman–Crippen MR) is 255 cm³/mol. The zero-order valence-electron chi connectivity index (χ0n) is 43.4. The van der Waals surface area contributed by atoms with E-state index in [9.17, 15) is 73.1 Å². The van der Waals surface area contributed by atoms with Crippen LogP contribution in [-0.4, -0.2) is 128 Å². The van der Waals surface area contributed by atoms with Crippen LogP contribution in [0.25, 0.3) is 0 Å². The first-order valence-corrected chi connectivity index (χ1v) is 25.4. The van der Waals surface area contributed by atoms with E-state index in [1.54, 1.807) is 41.5 Å². The maximum absolute atomic E-state index is 13.9. The zero-order chi connectivity index (χ0) is 56.3. The molecule has 1 spiro atoms. The number of halogens is 10. The lowest BCUT2D eigenvalue weighted by Crippen LogP contribution is -2.81. The third kappa shape index (κ3) is 14.4. The summed E-state index contributed by atoms with van der Waals surface area (Å²) in [6.07, 6.45) is -11.4. The molecule has 0 atom stereocenters. The van der Waals surface area contributed by atoms with Crippen LogP contribution in [0.2, 0.25) is 0 Å². The van der Waals surface area contributed by atoms with Gasteiger partial charge in [-0.3, -0.25) is 14.4 Å². The van der Waals surface area contributed by atoms with Crippen LogP contribution in [0, 0.1) is 29.1 Å². The topological polar surface area (TPSA) is 144 Å². The van der Waals surface area contributed by atoms with E-state index >= 15 is 0 Å². The summed E-state index contributed by atoms with van der Waals surface area (Å²) >= 11 is 0. The minimum absolute atomic E-state index is 0.0700. The molecule has 2 aliphatic carbocycles. The highest BCUT2D eigenvalue weighted by atomic mass is 19.4. The van der Waals surface area contributed by atoms with Gasteiger partial charge in [0, 0.05) is 37.4 Å². The lowest BCUT2D eigenvalue weighted by atomic mass is 9.80. The van der Waals surface area contributed by atoms with Crippen molar-refractivity contribution < 1.29 is 77.4 Å². The van der Waals surface area contributed by atoms with Gasteiger partial charge in [-0.15, -0.1) is 0 Å². The van der Waals surface area contributed by atoms with Gasteiger partial charge in [-0.2, -0.15) is 31.6 Å². The number of rotatable bonds is 11. The number of carbonyl (C=O) groups excluding carboxylic acids is 5. The molecule has 7 rings (SSSR count). The summed E-state index contributed by atoms with van der Waals surface area (Å²) in [5.41, 5.74) is -5.13. The molecule has 0 unspecified atom stereocenters. The van der Waals surface area contributed by atoms with Gasteiger partial charge in [-0.25, -0.2) is 27.2 Å². The first-order valence-electron chi connectivity index (χ1n) is 25.4. The Morgan fingerprint density at radius 2 is 1.11 bits per heavy atom. The van der Waals surface area contributed by atoms with Crippen LogP contribution in [-0.2, 0) is 49.3 Å². The minimum Gasteiger partial charge on any atom is -0.444 e. The first kappa shape index (κ1) is 59.4. The largest absolute Gasteiger partial charge is 0.444 e. The number of amides is 5. The van der Waals surface area contributed by atoms with E-state index in [4.69, 9.17) is 9.47 Å². The molecule has 76 heavy (non-hydrogen) atoms. The molecule has 13 nitrogen and oxygen atoms in total. The van der Waals surface area contributed by atoms with Crippen molar-refractivity contribution in [3.05, 3.63) is 70.8 Å². The number of benzene rings is 2. The molecule has 5 aliphatic rings. The minimum atomic E-state index is -4.51. The lowest BCUT2D eigenvalue weighted by Gasteiger charge is -2.58. The Morgan fingerprint density at radius 3 is 1.53 bits per heavy atom. The third-order valence-electron chi connectivity index (χ3n) is 14.7. The fraction of sp³-hybridized carbons (Fsp3) is 0.660. The van der Waals surface area contributed by atoms with Crippen molar-refractivity contribution in [1.29, 1.82) is 5.26 Å². The van der Waals surface area contributed by atoms with Crippen LogP contribution in [0.4, 0.5) is 53.5 Å². The third-order valence-corrected chi connectivity index (χ3v) is 14.7. The summed E-state index contributed by atoms with van der Waals surface area (Å²) < 4.78 is 141. The Hall–Kier alpha value is -5.82. The van der Waals surface area contributed by atoms with Crippen LogP contribution in [0.1, 0.15) is 128 Å². The number of nitriles is 1. The smallest absolute Gasteiger partial charge is 0.416 e. The fourth-order valence-electron chi connectivity index (χ4n) is 10.4. The Morgan fingerprint density at radius 1 is 0.671 bits per heavy atom. The summed E-state index contributed by atoms with van der Waals surface area (Å²) in [4.78, 5) is 72.6. The normalized spacial score (nSPS) is 22.8. The first-order chi connectivity index (χ1) is 35.2. The van der Waals surface area contributed by atoms with E-state index < -0.39 is 88.5 Å². The number of hydrogen-bond acceptors (Lipinski definition) is 8. The lowest BCUT2D eigenvalue weighted by molar-refractivity contribution is -0.181. The highest BCUT2D eigenvalue weighted by molar-refractivity contribution is 6.00. The molecule has 0 bridgehead atoms. The molecule has 2 saturated carbocycles. The molecular formula is C53H66F10N6O7. The maximum atomic E-state index is 13.9. The van der Waals surface area contributed by atoms with E-state index in [0.717, 1.165) is 24.3 Å². The van der Waals surface area contributed by atoms with Crippen LogP contribution >= 0.6 is 0 Å². The number of ether oxygens (including phenoxy) is 2. The molecule has 5 fully saturated rings. The summed E-state index contributed by atoms with van der Waals surface area (Å²) in [5.74, 6) is -2.41. The summed E-state index contributed by atoms with van der Waals surface area (Å²) in [7, 11) is 0. The van der Waals surface area contributed by atoms with Gasteiger partial charge in [-0.05, 0) is 141 Å². The zero-order valence-corrected chi connectivity index (χ0v) is 43.4. The fourth-order valence-corrected chi connectivity index (χ4v) is 10.4. The van der Waals surface area contributed by atoms with Crippen molar-refractivity contribution in [2.45, 2.75) is 172 Å². The van der Waals surface area contributed by atoms with Gasteiger partial charge in [0.25, 0.3) is 5.91 Å². The van der Waals surface area contributed by atoms with Gasteiger partial charge in [0.15, 0.2) is 11.1 Å². The van der Waals surface area contributed by atoms with Gasteiger partial charge in [0.1, 0.15) is 17.7 Å². The number of likely N-dealkylation sites (tertiary alicyclic amines) is 2. The maximum Gasteiger partial charge on any atom is 0.416 e. The summed E-state index contributed by atoms with van der Waals surface area (Å²) in [6, 6.07) is 10.5. The van der Waals surface area contributed by atoms with Crippen molar-refractivity contribution in [3.63, 3.8) is 0 Å². The van der Waals surface area contributed by atoms with Gasteiger partial charge in [0.05, 0.1) is 43.4 Å². The monoisotopic (exact) mass is 1090 g/mol. The van der Waals surface area contributed by atoms with Gasteiger partial charge < -0.3 is 34.0 Å². The van der Waals surface area contributed by atoms with Crippen molar-refractivity contribution in [2.75, 3.05) is 32.7 Å². The Bertz CT molecular complexity index is 2410. The quantitative estimate of drug-likeness (QED) is 0.202. The van der Waals surface area contributed by atoms with Crippen molar-refractivity contribution in [3.8, 4) is 6.07 Å². The standard InChI is InChI=1S/C27H34F5N3O3.C26H32F5N3O4/c1-25(2,3)38-24(37)34-16-26(15-33,17-34)35(14-19-6-11-21(12-7-19)27(30,31)32)22(36)13-8-18-4-9-20(10-5-18)23(28)29;1-24(2,3)38-23(37)32-14-25(15-32)22(36)33(19-10-6-17(7-11-19)21(27)28)13-20(35)34(25)12-16-4-8-18(9-5-16)26(29,30)31/h6-7,11-12,18,20,23H,4-5,8-10,13-14,16-17H2,1-3H3;4-5,8-9,17,19,21H,6-7,10-15H2,1-3H3. The van der Waals surface area contributed by atoms with Crippen molar-refractivity contribution in [2.24, 2.45) is 17.8 Å². The molecule has 0 N–H and O–H groups in total. The highest BCUT2D eigenvalue weighted by Crippen LogP contribution is 2.41. The Labute approximate surface area is 435 Å². The van der Waals surface area contributed by atoms with Crippen LogP contribution in [0.5, 0.6) is 0 Å². The molecule has 3 saturated heterocycles. The van der Waals surface area contributed by atoms with E-state index in [0.29, 0.717) is 56.1 Å². The molecule has 2 aromatic rings. The Kier molecular flexibility index (Phi) is 18.0. The second kappa shape index (κ2) is 23.0.